The second kappa shape index (κ2) is 4.78. The van der Waals surface area contributed by atoms with Gasteiger partial charge in [-0.05, 0) is 36.5 Å². The van der Waals surface area contributed by atoms with Gasteiger partial charge in [0.15, 0.2) is 0 Å². The van der Waals surface area contributed by atoms with Crippen LogP contribution in [0.15, 0.2) is 18.2 Å². The molecule has 2 nitrogen and oxygen atoms in total. The van der Waals surface area contributed by atoms with Gasteiger partial charge in [0.25, 0.3) is 0 Å². The molecule has 2 atom stereocenters. The lowest BCUT2D eigenvalue weighted by molar-refractivity contribution is 0.0550. The van der Waals surface area contributed by atoms with Gasteiger partial charge in [-0.25, -0.2) is 0 Å². The van der Waals surface area contributed by atoms with Gasteiger partial charge in [-0.1, -0.05) is 19.1 Å². The van der Waals surface area contributed by atoms with Crippen molar-refractivity contribution in [3.05, 3.63) is 29.3 Å². The van der Waals surface area contributed by atoms with Crippen molar-refractivity contribution in [2.24, 2.45) is 0 Å². The van der Waals surface area contributed by atoms with Crippen LogP contribution in [-0.4, -0.2) is 28.3 Å². The number of hydrogen-bond acceptors (Lipinski definition) is 3. The Morgan fingerprint density at radius 1 is 1.50 bits per heavy atom. The van der Waals surface area contributed by atoms with Crippen molar-refractivity contribution in [1.82, 2.24) is 0 Å². The van der Waals surface area contributed by atoms with E-state index >= 15 is 0 Å². The monoisotopic (exact) mass is 264 g/mol. The highest BCUT2D eigenvalue weighted by Crippen LogP contribution is 2.37. The van der Waals surface area contributed by atoms with Gasteiger partial charge in [-0.15, -0.1) is 0 Å². The number of ether oxygens (including phenoxy) is 1. The predicted octanol–water partition coefficient (Wildman–Crippen LogP) is 2.81. The fourth-order valence-corrected chi connectivity index (χ4v) is 4.18. The Bertz CT molecular complexity index is 446. The highest BCUT2D eigenvalue weighted by molar-refractivity contribution is 8.00. The van der Waals surface area contributed by atoms with E-state index in [-0.39, 0.29) is 0 Å². The second-order valence-electron chi connectivity index (χ2n) is 5.59. The standard InChI is InChI=1S/C15H20O2S/c1-11-9-15(16,10-18-11)6-4-12-2-3-14-13(8-12)5-7-17-14/h2-3,8,11,16H,4-7,9-10H2,1H3. The summed E-state index contributed by atoms with van der Waals surface area (Å²) in [5.41, 5.74) is 2.21. The molecule has 2 aliphatic rings. The molecule has 2 unspecified atom stereocenters. The lowest BCUT2D eigenvalue weighted by atomic mass is 9.92. The summed E-state index contributed by atoms with van der Waals surface area (Å²) >= 11 is 1.89. The fraction of sp³-hybridized carbons (Fsp3) is 0.600. The molecule has 0 radical (unpaired) electrons. The Kier molecular flexibility index (Phi) is 3.29. The molecule has 0 amide bonds. The number of rotatable bonds is 3. The number of aliphatic hydroxyl groups is 1. The predicted molar refractivity (Wildman–Crippen MR) is 75.4 cm³/mol. The molecule has 98 valence electrons. The number of thioether (sulfide) groups is 1. The van der Waals surface area contributed by atoms with Gasteiger partial charge < -0.3 is 9.84 Å². The van der Waals surface area contributed by atoms with Crippen molar-refractivity contribution in [2.45, 2.75) is 43.5 Å². The first-order valence-electron chi connectivity index (χ1n) is 6.73. The summed E-state index contributed by atoms with van der Waals surface area (Å²) in [6.45, 7) is 3.02. The molecule has 2 aliphatic heterocycles. The van der Waals surface area contributed by atoms with Crippen LogP contribution < -0.4 is 4.74 Å². The summed E-state index contributed by atoms with van der Waals surface area (Å²) < 4.78 is 5.51. The lowest BCUT2D eigenvalue weighted by Gasteiger charge is -2.21. The van der Waals surface area contributed by atoms with E-state index in [2.05, 4.69) is 25.1 Å². The van der Waals surface area contributed by atoms with E-state index in [1.807, 2.05) is 11.8 Å². The van der Waals surface area contributed by atoms with Crippen molar-refractivity contribution < 1.29 is 9.84 Å². The van der Waals surface area contributed by atoms with Gasteiger partial charge in [0, 0.05) is 17.4 Å². The molecular weight excluding hydrogens is 244 g/mol. The summed E-state index contributed by atoms with van der Waals surface area (Å²) in [7, 11) is 0. The molecule has 0 aliphatic carbocycles. The third-order valence-corrected chi connectivity index (χ3v) is 5.38. The Hall–Kier alpha value is -0.670. The van der Waals surface area contributed by atoms with Gasteiger partial charge in [-0.2, -0.15) is 11.8 Å². The van der Waals surface area contributed by atoms with E-state index in [9.17, 15) is 5.11 Å². The third-order valence-electron chi connectivity index (χ3n) is 3.94. The van der Waals surface area contributed by atoms with Crippen LogP contribution in [-0.2, 0) is 12.8 Å². The van der Waals surface area contributed by atoms with Crippen molar-refractivity contribution in [3.8, 4) is 5.75 Å². The summed E-state index contributed by atoms with van der Waals surface area (Å²) in [5, 5.41) is 11.1. The third kappa shape index (κ3) is 2.52. The smallest absolute Gasteiger partial charge is 0.122 e. The van der Waals surface area contributed by atoms with Crippen LogP contribution in [0.2, 0.25) is 0 Å². The van der Waals surface area contributed by atoms with Gasteiger partial charge in [0.2, 0.25) is 0 Å². The van der Waals surface area contributed by atoms with Crippen molar-refractivity contribution in [2.75, 3.05) is 12.4 Å². The van der Waals surface area contributed by atoms with Gasteiger partial charge in [0.1, 0.15) is 5.75 Å². The topological polar surface area (TPSA) is 29.5 Å². The molecule has 0 spiro atoms. The van der Waals surface area contributed by atoms with Crippen molar-refractivity contribution in [3.63, 3.8) is 0 Å². The summed E-state index contributed by atoms with van der Waals surface area (Å²) in [6, 6.07) is 6.46. The van der Waals surface area contributed by atoms with Crippen LogP contribution in [0.5, 0.6) is 5.75 Å². The van der Waals surface area contributed by atoms with Crippen LogP contribution in [0.25, 0.3) is 0 Å². The summed E-state index contributed by atoms with van der Waals surface area (Å²) in [5.74, 6) is 1.94. The van der Waals surface area contributed by atoms with E-state index < -0.39 is 5.60 Å². The first kappa shape index (κ1) is 12.4. The highest BCUT2D eigenvalue weighted by atomic mass is 32.2. The minimum absolute atomic E-state index is 0.445. The molecule has 3 rings (SSSR count). The molecule has 2 heterocycles. The Labute approximate surface area is 113 Å². The van der Waals surface area contributed by atoms with E-state index in [0.29, 0.717) is 5.25 Å². The first-order chi connectivity index (χ1) is 8.65. The van der Waals surface area contributed by atoms with Crippen molar-refractivity contribution >= 4 is 11.8 Å². The lowest BCUT2D eigenvalue weighted by Crippen LogP contribution is -2.29. The molecule has 1 fully saturated rings. The van der Waals surface area contributed by atoms with E-state index in [1.54, 1.807) is 0 Å². The van der Waals surface area contributed by atoms with Crippen LogP contribution in [0.1, 0.15) is 30.9 Å². The second-order valence-corrected chi connectivity index (χ2v) is 7.02. The van der Waals surface area contributed by atoms with E-state index in [4.69, 9.17) is 4.74 Å². The van der Waals surface area contributed by atoms with Crippen LogP contribution >= 0.6 is 11.8 Å². The molecular formula is C15H20O2S. The molecule has 0 saturated carbocycles. The number of benzene rings is 1. The molecule has 1 saturated heterocycles. The highest BCUT2D eigenvalue weighted by Gasteiger charge is 2.35. The maximum atomic E-state index is 10.5. The van der Waals surface area contributed by atoms with Crippen LogP contribution in [0.3, 0.4) is 0 Å². The maximum Gasteiger partial charge on any atom is 0.122 e. The van der Waals surface area contributed by atoms with Gasteiger partial charge in [0.05, 0.1) is 12.2 Å². The molecule has 1 aromatic carbocycles. The normalized spacial score (nSPS) is 30.2. The van der Waals surface area contributed by atoms with E-state index in [0.717, 1.165) is 43.8 Å². The number of fused-ring (bicyclic) bond motifs is 1. The van der Waals surface area contributed by atoms with Crippen molar-refractivity contribution in [1.29, 1.82) is 0 Å². The zero-order valence-corrected chi connectivity index (χ0v) is 11.6. The first-order valence-corrected chi connectivity index (χ1v) is 7.78. The fourth-order valence-electron chi connectivity index (χ4n) is 2.90. The molecule has 0 aromatic heterocycles. The summed E-state index contributed by atoms with van der Waals surface area (Å²) in [6.07, 6.45) is 3.81. The van der Waals surface area contributed by atoms with Gasteiger partial charge in [-0.3, -0.25) is 0 Å². The minimum Gasteiger partial charge on any atom is -0.493 e. The zero-order valence-electron chi connectivity index (χ0n) is 10.8. The molecule has 1 N–H and O–H groups in total. The molecule has 1 aromatic rings. The van der Waals surface area contributed by atoms with Gasteiger partial charge >= 0.3 is 0 Å². The van der Waals surface area contributed by atoms with E-state index in [1.165, 1.54) is 11.1 Å². The van der Waals surface area contributed by atoms with Crippen LogP contribution in [0, 0.1) is 0 Å². The zero-order chi connectivity index (χ0) is 12.6. The summed E-state index contributed by atoms with van der Waals surface area (Å²) in [4.78, 5) is 0. The Balaban J connectivity index is 1.63. The minimum atomic E-state index is -0.445. The average Bonchev–Trinajstić information content (AvgIpc) is 2.93. The maximum absolute atomic E-state index is 10.5. The molecule has 18 heavy (non-hydrogen) atoms. The molecule has 3 heteroatoms. The largest absolute Gasteiger partial charge is 0.493 e. The Morgan fingerprint density at radius 3 is 3.17 bits per heavy atom. The number of aryl methyl sites for hydroxylation is 1. The Morgan fingerprint density at radius 2 is 2.39 bits per heavy atom. The number of hydrogen-bond donors (Lipinski definition) is 1. The quantitative estimate of drug-likeness (QED) is 0.910. The van der Waals surface area contributed by atoms with Crippen LogP contribution in [0.4, 0.5) is 0 Å². The molecule has 0 bridgehead atoms. The SMILES string of the molecule is CC1CC(O)(CCc2ccc3c(c2)CCO3)CS1. The average molecular weight is 264 g/mol.